The van der Waals surface area contributed by atoms with Crippen molar-refractivity contribution in [2.24, 2.45) is 0 Å². The normalized spacial score (nSPS) is 14.1. The van der Waals surface area contributed by atoms with E-state index in [9.17, 15) is 32.3 Å². The number of nitrogens with zero attached hydrogens (tertiary/aromatic N) is 1. The standard InChI is InChI=1S/C23H22Cl2F4N2O3/c1-3-10-22(14-8-9-16(24)17(25)11-14,13-31(2)19(32)12-23(27,28)29)20(30-21(33)34)15-6-4-5-7-18(15)26/h3-9,11,20,30H,1,10,12-13H2,2H3,(H,33,34)/t20?,22-/m1/s1. The smallest absolute Gasteiger partial charge is 0.405 e. The summed E-state index contributed by atoms with van der Waals surface area (Å²) in [6.07, 6.45) is -6.63. The highest BCUT2D eigenvalue weighted by Crippen LogP contribution is 2.44. The van der Waals surface area contributed by atoms with Gasteiger partial charge in [-0.3, -0.25) is 4.79 Å². The molecule has 2 aromatic carbocycles. The SMILES string of the molecule is C=CC[C@@](CN(C)C(=O)CC(F)(F)F)(c1ccc(Cl)c(Cl)c1)C(NC(=O)O)c1ccccc1F. The summed E-state index contributed by atoms with van der Waals surface area (Å²) in [5.41, 5.74) is -1.27. The molecule has 0 aliphatic rings. The number of nitrogens with one attached hydrogen (secondary N) is 1. The maximum atomic E-state index is 14.9. The van der Waals surface area contributed by atoms with Gasteiger partial charge in [0.1, 0.15) is 12.2 Å². The number of likely N-dealkylation sites (N-methyl/N-ethyl adjacent to an activating group) is 1. The van der Waals surface area contributed by atoms with Crippen LogP contribution < -0.4 is 5.32 Å². The van der Waals surface area contributed by atoms with Crippen molar-refractivity contribution in [2.45, 2.75) is 30.5 Å². The number of carboxylic acid groups (broad SMARTS) is 1. The molecule has 34 heavy (non-hydrogen) atoms. The van der Waals surface area contributed by atoms with E-state index in [0.29, 0.717) is 5.56 Å². The lowest BCUT2D eigenvalue weighted by molar-refractivity contribution is -0.161. The summed E-state index contributed by atoms with van der Waals surface area (Å²) in [4.78, 5) is 25.0. The van der Waals surface area contributed by atoms with E-state index in [-0.39, 0.29) is 22.0 Å². The molecular weight excluding hydrogens is 499 g/mol. The van der Waals surface area contributed by atoms with E-state index in [0.717, 1.165) is 18.0 Å². The number of amides is 2. The molecule has 0 aliphatic heterocycles. The molecule has 0 bridgehead atoms. The Morgan fingerprint density at radius 1 is 1.18 bits per heavy atom. The van der Waals surface area contributed by atoms with Gasteiger partial charge in [-0.15, -0.1) is 6.58 Å². The molecule has 2 rings (SSSR count). The van der Waals surface area contributed by atoms with Crippen LogP contribution in [0.5, 0.6) is 0 Å². The minimum absolute atomic E-state index is 0.0616. The van der Waals surface area contributed by atoms with Crippen molar-refractivity contribution >= 4 is 35.2 Å². The molecule has 0 aromatic heterocycles. The molecule has 0 spiro atoms. The highest BCUT2D eigenvalue weighted by Gasteiger charge is 2.45. The van der Waals surface area contributed by atoms with Crippen molar-refractivity contribution in [3.8, 4) is 0 Å². The quantitative estimate of drug-likeness (QED) is 0.298. The first-order valence-electron chi connectivity index (χ1n) is 9.91. The Hall–Kier alpha value is -2.78. The lowest BCUT2D eigenvalue weighted by atomic mass is 9.68. The van der Waals surface area contributed by atoms with E-state index < -0.39 is 48.4 Å². The Morgan fingerprint density at radius 2 is 1.82 bits per heavy atom. The fraction of sp³-hybridized carbons (Fsp3) is 0.304. The molecule has 0 aliphatic carbocycles. The zero-order chi connectivity index (χ0) is 25.7. The number of alkyl halides is 3. The first kappa shape index (κ1) is 27.5. The van der Waals surface area contributed by atoms with Gasteiger partial charge in [0.05, 0.1) is 16.1 Å². The largest absolute Gasteiger partial charge is 0.465 e. The third-order valence-corrected chi connectivity index (χ3v) is 6.08. The number of allylic oxidation sites excluding steroid dienone is 1. The number of carbonyl (C=O) groups excluding carboxylic acids is 1. The number of hydrogen-bond acceptors (Lipinski definition) is 2. The number of halogens is 6. The monoisotopic (exact) mass is 520 g/mol. The van der Waals surface area contributed by atoms with Crippen LogP contribution in [0.2, 0.25) is 10.0 Å². The maximum Gasteiger partial charge on any atom is 0.405 e. The number of carbonyl (C=O) groups is 2. The van der Waals surface area contributed by atoms with Crippen molar-refractivity contribution in [2.75, 3.05) is 13.6 Å². The molecule has 2 N–H and O–H groups in total. The molecule has 0 saturated carbocycles. The Balaban J connectivity index is 2.78. The van der Waals surface area contributed by atoms with E-state index in [2.05, 4.69) is 11.9 Å². The van der Waals surface area contributed by atoms with Gasteiger partial charge in [0, 0.05) is 24.6 Å². The second kappa shape index (κ2) is 11.1. The third-order valence-electron chi connectivity index (χ3n) is 5.34. The van der Waals surface area contributed by atoms with E-state index >= 15 is 0 Å². The summed E-state index contributed by atoms with van der Waals surface area (Å²) in [7, 11) is 1.16. The van der Waals surface area contributed by atoms with Gasteiger partial charge in [0.15, 0.2) is 0 Å². The van der Waals surface area contributed by atoms with Gasteiger partial charge in [-0.1, -0.05) is 53.5 Å². The van der Waals surface area contributed by atoms with Gasteiger partial charge in [-0.2, -0.15) is 13.2 Å². The van der Waals surface area contributed by atoms with Crippen LogP contribution in [0.1, 0.15) is 30.0 Å². The molecule has 0 saturated heterocycles. The molecule has 184 valence electrons. The van der Waals surface area contributed by atoms with Crippen molar-refractivity contribution in [3.63, 3.8) is 0 Å². The Labute approximate surface area is 204 Å². The number of rotatable bonds is 9. The molecular formula is C23H22Cl2F4N2O3. The summed E-state index contributed by atoms with van der Waals surface area (Å²) < 4.78 is 53.5. The van der Waals surface area contributed by atoms with Gasteiger partial charge in [-0.05, 0) is 30.2 Å². The highest BCUT2D eigenvalue weighted by molar-refractivity contribution is 6.42. The van der Waals surface area contributed by atoms with Gasteiger partial charge in [-0.25, -0.2) is 9.18 Å². The van der Waals surface area contributed by atoms with Crippen LogP contribution in [0.15, 0.2) is 55.1 Å². The zero-order valence-electron chi connectivity index (χ0n) is 18.0. The first-order valence-corrected chi connectivity index (χ1v) is 10.7. The van der Waals surface area contributed by atoms with Crippen molar-refractivity contribution in [3.05, 3.63) is 82.1 Å². The summed E-state index contributed by atoms with van der Waals surface area (Å²) in [6.45, 7) is 3.26. The minimum Gasteiger partial charge on any atom is -0.465 e. The molecule has 5 nitrogen and oxygen atoms in total. The Morgan fingerprint density at radius 3 is 2.35 bits per heavy atom. The van der Waals surface area contributed by atoms with Crippen molar-refractivity contribution < 1.29 is 32.3 Å². The molecule has 2 amide bonds. The molecule has 0 fully saturated rings. The summed E-state index contributed by atoms with van der Waals surface area (Å²) in [6, 6.07) is 8.35. The van der Waals surface area contributed by atoms with Crippen LogP contribution in [0.25, 0.3) is 0 Å². The average Bonchev–Trinajstić information content (AvgIpc) is 2.72. The summed E-state index contributed by atoms with van der Waals surface area (Å²) in [5, 5.41) is 12.1. The second-order valence-electron chi connectivity index (χ2n) is 7.72. The van der Waals surface area contributed by atoms with Crippen LogP contribution in [-0.4, -0.2) is 41.8 Å². The summed E-state index contributed by atoms with van der Waals surface area (Å²) in [5.74, 6) is -2.00. The number of benzene rings is 2. The Bertz CT molecular complexity index is 1060. The number of hydrogen-bond donors (Lipinski definition) is 2. The fourth-order valence-electron chi connectivity index (χ4n) is 3.88. The lowest BCUT2D eigenvalue weighted by Crippen LogP contribution is -2.51. The van der Waals surface area contributed by atoms with Gasteiger partial charge in [0.25, 0.3) is 0 Å². The van der Waals surface area contributed by atoms with Crippen molar-refractivity contribution in [1.82, 2.24) is 10.2 Å². The van der Waals surface area contributed by atoms with Crippen LogP contribution >= 0.6 is 23.2 Å². The van der Waals surface area contributed by atoms with Crippen LogP contribution in [0.3, 0.4) is 0 Å². The molecule has 1 unspecified atom stereocenters. The third kappa shape index (κ3) is 6.64. The van der Waals surface area contributed by atoms with Gasteiger partial charge in [0.2, 0.25) is 5.91 Å². The lowest BCUT2D eigenvalue weighted by Gasteiger charge is -2.43. The van der Waals surface area contributed by atoms with Crippen molar-refractivity contribution in [1.29, 1.82) is 0 Å². The minimum atomic E-state index is -4.75. The fourth-order valence-corrected chi connectivity index (χ4v) is 4.18. The van der Waals surface area contributed by atoms with Gasteiger partial charge < -0.3 is 15.3 Å². The zero-order valence-corrected chi connectivity index (χ0v) is 19.5. The predicted molar refractivity (Wildman–Crippen MR) is 122 cm³/mol. The van der Waals surface area contributed by atoms with Crippen LogP contribution in [-0.2, 0) is 10.2 Å². The highest BCUT2D eigenvalue weighted by atomic mass is 35.5. The van der Waals surface area contributed by atoms with Crippen LogP contribution in [0, 0.1) is 5.82 Å². The maximum absolute atomic E-state index is 14.9. The predicted octanol–water partition coefficient (Wildman–Crippen LogP) is 6.37. The van der Waals surface area contributed by atoms with Gasteiger partial charge >= 0.3 is 12.3 Å². The summed E-state index contributed by atoms with van der Waals surface area (Å²) >= 11 is 12.2. The average molecular weight is 521 g/mol. The molecule has 2 aromatic rings. The molecule has 2 atom stereocenters. The topological polar surface area (TPSA) is 69.6 Å². The molecule has 11 heteroatoms. The van der Waals surface area contributed by atoms with Crippen LogP contribution in [0.4, 0.5) is 22.4 Å². The molecule has 0 heterocycles. The Kier molecular flexibility index (Phi) is 8.96. The van der Waals surface area contributed by atoms with E-state index in [1.807, 2.05) is 0 Å². The second-order valence-corrected chi connectivity index (χ2v) is 8.54. The first-order chi connectivity index (χ1) is 15.8. The van der Waals surface area contributed by atoms with E-state index in [4.69, 9.17) is 23.2 Å². The van der Waals surface area contributed by atoms with E-state index in [1.54, 1.807) is 0 Å². The van der Waals surface area contributed by atoms with E-state index in [1.165, 1.54) is 42.5 Å². The molecule has 0 radical (unpaired) electrons.